The van der Waals surface area contributed by atoms with Crippen LogP contribution in [0.3, 0.4) is 0 Å². The second kappa shape index (κ2) is 5.01. The summed E-state index contributed by atoms with van der Waals surface area (Å²) in [5, 5.41) is 12.8. The first-order chi connectivity index (χ1) is 9.37. The number of piperidine rings is 1. The van der Waals surface area contributed by atoms with Crippen molar-refractivity contribution in [3.8, 4) is 0 Å². The molecule has 2 N–H and O–H groups in total. The van der Waals surface area contributed by atoms with Gasteiger partial charge in [-0.1, -0.05) is 30.3 Å². The molecule has 1 fully saturated rings. The SMILES string of the molecule is O=CC1(c2ccccc2)NC=NN1C1CCNCC1. The maximum absolute atomic E-state index is 11.8. The van der Waals surface area contributed by atoms with Gasteiger partial charge in [0.15, 0.2) is 6.29 Å². The molecular weight excluding hydrogens is 240 g/mol. The fraction of sp³-hybridized carbons (Fsp3) is 0.429. The molecule has 2 aliphatic heterocycles. The lowest BCUT2D eigenvalue weighted by Crippen LogP contribution is -2.55. The number of nitrogens with one attached hydrogen (secondary N) is 2. The van der Waals surface area contributed by atoms with Gasteiger partial charge in [-0.3, -0.25) is 9.80 Å². The van der Waals surface area contributed by atoms with E-state index in [2.05, 4.69) is 15.7 Å². The average molecular weight is 258 g/mol. The summed E-state index contributed by atoms with van der Waals surface area (Å²) in [7, 11) is 0. The van der Waals surface area contributed by atoms with Crippen molar-refractivity contribution in [2.75, 3.05) is 13.1 Å². The van der Waals surface area contributed by atoms with Gasteiger partial charge in [-0.2, -0.15) is 5.10 Å². The van der Waals surface area contributed by atoms with Gasteiger partial charge in [0.1, 0.15) is 6.34 Å². The minimum absolute atomic E-state index is 0.290. The van der Waals surface area contributed by atoms with Crippen LogP contribution in [0.1, 0.15) is 18.4 Å². The lowest BCUT2D eigenvalue weighted by Gasteiger charge is -2.40. The van der Waals surface area contributed by atoms with Crippen molar-refractivity contribution in [1.29, 1.82) is 0 Å². The predicted octanol–water partition coefficient (Wildman–Crippen LogP) is 0.639. The van der Waals surface area contributed by atoms with Crippen LogP contribution in [0.25, 0.3) is 0 Å². The molecule has 5 nitrogen and oxygen atoms in total. The molecule has 2 heterocycles. The number of aldehydes is 1. The van der Waals surface area contributed by atoms with Gasteiger partial charge in [0.05, 0.1) is 6.04 Å². The number of hydrazone groups is 1. The summed E-state index contributed by atoms with van der Waals surface area (Å²) in [4.78, 5) is 11.8. The molecule has 3 rings (SSSR count). The van der Waals surface area contributed by atoms with Gasteiger partial charge in [0.25, 0.3) is 0 Å². The molecule has 5 heteroatoms. The molecular formula is C14H18N4O. The van der Waals surface area contributed by atoms with Crippen molar-refractivity contribution in [2.45, 2.75) is 24.5 Å². The highest BCUT2D eigenvalue weighted by Gasteiger charge is 2.44. The number of hydrogen-bond acceptors (Lipinski definition) is 5. The molecule has 19 heavy (non-hydrogen) atoms. The van der Waals surface area contributed by atoms with Gasteiger partial charge in [-0.15, -0.1) is 0 Å². The van der Waals surface area contributed by atoms with Gasteiger partial charge in [0, 0.05) is 5.56 Å². The van der Waals surface area contributed by atoms with Crippen LogP contribution >= 0.6 is 0 Å². The zero-order valence-corrected chi connectivity index (χ0v) is 10.7. The Hall–Kier alpha value is -1.88. The number of rotatable bonds is 3. The Labute approximate surface area is 112 Å². The third kappa shape index (κ3) is 2.00. The number of benzene rings is 1. The standard InChI is InChI=1S/C14H18N4O/c19-10-14(12-4-2-1-3-5-12)16-11-17-18(14)13-6-8-15-9-7-13/h1-5,10-11,13,15H,6-9H2,(H,16,17). The fourth-order valence-corrected chi connectivity index (χ4v) is 2.84. The van der Waals surface area contributed by atoms with Crippen LogP contribution in [0.5, 0.6) is 0 Å². The molecule has 1 aromatic carbocycles. The third-order valence-electron chi connectivity index (χ3n) is 3.87. The highest BCUT2D eigenvalue weighted by Crippen LogP contribution is 2.31. The summed E-state index contributed by atoms with van der Waals surface area (Å²) >= 11 is 0. The average Bonchev–Trinajstić information content (AvgIpc) is 2.94. The molecule has 2 aliphatic rings. The highest BCUT2D eigenvalue weighted by atomic mass is 16.1. The molecule has 0 saturated carbocycles. The van der Waals surface area contributed by atoms with E-state index in [1.165, 1.54) is 0 Å². The van der Waals surface area contributed by atoms with Crippen molar-refractivity contribution in [3.05, 3.63) is 35.9 Å². The Bertz CT molecular complexity index is 470. The first-order valence-corrected chi connectivity index (χ1v) is 6.69. The number of carbonyl (C=O) groups is 1. The molecule has 0 aliphatic carbocycles. The van der Waals surface area contributed by atoms with Crippen LogP contribution in [-0.4, -0.2) is 36.8 Å². The van der Waals surface area contributed by atoms with Gasteiger partial charge in [-0.25, -0.2) is 0 Å². The van der Waals surface area contributed by atoms with E-state index in [9.17, 15) is 4.79 Å². The largest absolute Gasteiger partial charge is 0.341 e. The highest BCUT2D eigenvalue weighted by molar-refractivity contribution is 5.75. The zero-order chi connectivity index (χ0) is 13.1. The smallest absolute Gasteiger partial charge is 0.210 e. The van der Waals surface area contributed by atoms with Gasteiger partial charge < -0.3 is 10.6 Å². The summed E-state index contributed by atoms with van der Waals surface area (Å²) in [5.41, 5.74) is 0.0875. The van der Waals surface area contributed by atoms with Crippen LogP contribution in [0.2, 0.25) is 0 Å². The van der Waals surface area contributed by atoms with Crippen LogP contribution in [0, 0.1) is 0 Å². The van der Waals surface area contributed by atoms with E-state index in [0.717, 1.165) is 37.8 Å². The summed E-state index contributed by atoms with van der Waals surface area (Å²) in [6, 6.07) is 10.1. The van der Waals surface area contributed by atoms with Crippen LogP contribution in [-0.2, 0) is 10.5 Å². The maximum Gasteiger partial charge on any atom is 0.210 e. The quantitative estimate of drug-likeness (QED) is 0.781. The first-order valence-electron chi connectivity index (χ1n) is 6.69. The first kappa shape index (κ1) is 12.2. The zero-order valence-electron chi connectivity index (χ0n) is 10.7. The lowest BCUT2D eigenvalue weighted by molar-refractivity contribution is -0.121. The predicted molar refractivity (Wildman–Crippen MR) is 73.5 cm³/mol. The molecule has 0 bridgehead atoms. The van der Waals surface area contributed by atoms with Gasteiger partial charge >= 0.3 is 0 Å². The van der Waals surface area contributed by atoms with E-state index in [4.69, 9.17) is 0 Å². The van der Waals surface area contributed by atoms with E-state index >= 15 is 0 Å². The summed E-state index contributed by atoms with van der Waals surface area (Å²) < 4.78 is 0. The Morgan fingerprint density at radius 3 is 2.68 bits per heavy atom. The van der Waals surface area contributed by atoms with Gasteiger partial charge in [-0.05, 0) is 25.9 Å². The van der Waals surface area contributed by atoms with Crippen molar-refractivity contribution in [2.24, 2.45) is 5.10 Å². The van der Waals surface area contributed by atoms with E-state index < -0.39 is 5.66 Å². The molecule has 0 spiro atoms. The van der Waals surface area contributed by atoms with Crippen molar-refractivity contribution in [1.82, 2.24) is 15.6 Å². The summed E-state index contributed by atoms with van der Waals surface area (Å²) in [5.74, 6) is 0. The van der Waals surface area contributed by atoms with E-state index in [0.29, 0.717) is 0 Å². The normalized spacial score (nSPS) is 27.3. The Balaban J connectivity index is 1.94. The molecule has 1 unspecified atom stereocenters. The Morgan fingerprint density at radius 1 is 1.26 bits per heavy atom. The van der Waals surface area contributed by atoms with E-state index in [1.807, 2.05) is 35.3 Å². The van der Waals surface area contributed by atoms with Crippen molar-refractivity contribution < 1.29 is 4.79 Å². The van der Waals surface area contributed by atoms with Gasteiger partial charge in [0.2, 0.25) is 5.66 Å². The van der Waals surface area contributed by atoms with Crippen LogP contribution < -0.4 is 10.6 Å². The Morgan fingerprint density at radius 2 is 2.00 bits per heavy atom. The van der Waals surface area contributed by atoms with Crippen molar-refractivity contribution >= 4 is 12.6 Å². The number of nitrogens with zero attached hydrogens (tertiary/aromatic N) is 2. The van der Waals surface area contributed by atoms with Crippen molar-refractivity contribution in [3.63, 3.8) is 0 Å². The number of carbonyl (C=O) groups excluding carboxylic acids is 1. The van der Waals surface area contributed by atoms with E-state index in [-0.39, 0.29) is 6.04 Å². The molecule has 1 aromatic rings. The second-order valence-electron chi connectivity index (χ2n) is 4.96. The lowest BCUT2D eigenvalue weighted by atomic mass is 9.96. The minimum atomic E-state index is -0.844. The van der Waals surface area contributed by atoms with Crippen LogP contribution in [0.15, 0.2) is 35.4 Å². The maximum atomic E-state index is 11.8. The fourth-order valence-electron chi connectivity index (χ4n) is 2.84. The molecule has 0 radical (unpaired) electrons. The topological polar surface area (TPSA) is 56.7 Å². The Kier molecular flexibility index (Phi) is 3.21. The number of hydrogen-bond donors (Lipinski definition) is 2. The summed E-state index contributed by atoms with van der Waals surface area (Å²) in [6.45, 7) is 1.95. The molecule has 1 atom stereocenters. The summed E-state index contributed by atoms with van der Waals surface area (Å²) in [6.07, 6.45) is 4.59. The minimum Gasteiger partial charge on any atom is -0.341 e. The monoisotopic (exact) mass is 258 g/mol. The van der Waals surface area contributed by atoms with Crippen LogP contribution in [0.4, 0.5) is 0 Å². The molecule has 1 saturated heterocycles. The third-order valence-corrected chi connectivity index (χ3v) is 3.87. The molecule has 100 valence electrons. The van der Waals surface area contributed by atoms with E-state index in [1.54, 1.807) is 6.34 Å². The molecule has 0 amide bonds. The second-order valence-corrected chi connectivity index (χ2v) is 4.96. The molecule has 0 aromatic heterocycles.